The third kappa shape index (κ3) is 7.04. The molecule has 4 aromatic carbocycles. The first-order valence-corrected chi connectivity index (χ1v) is 15.0. The number of rotatable bonds is 9. The molecule has 0 aliphatic carbocycles. The number of esters is 1. The van der Waals surface area contributed by atoms with Gasteiger partial charge in [0.1, 0.15) is 17.1 Å². The molecule has 0 spiro atoms. The highest BCUT2D eigenvalue weighted by molar-refractivity contribution is 5.99. The van der Waals surface area contributed by atoms with Crippen molar-refractivity contribution < 1.29 is 23.8 Å². The molecule has 5 rings (SSSR count). The van der Waals surface area contributed by atoms with Gasteiger partial charge in [0.05, 0.1) is 19.8 Å². The van der Waals surface area contributed by atoms with Gasteiger partial charge in [-0.1, -0.05) is 42.5 Å². The van der Waals surface area contributed by atoms with Gasteiger partial charge in [0, 0.05) is 41.3 Å². The molecule has 0 aliphatic heterocycles. The van der Waals surface area contributed by atoms with Gasteiger partial charge in [0.15, 0.2) is 0 Å². The van der Waals surface area contributed by atoms with Gasteiger partial charge in [-0.2, -0.15) is 0 Å². The van der Waals surface area contributed by atoms with Gasteiger partial charge in [-0.3, -0.25) is 4.79 Å². The smallest absolute Gasteiger partial charge is 0.339 e. The molecule has 0 fully saturated rings. The van der Waals surface area contributed by atoms with Gasteiger partial charge in [0.2, 0.25) is 0 Å². The Bertz CT molecular complexity index is 1840. The van der Waals surface area contributed by atoms with Crippen LogP contribution in [0.15, 0.2) is 84.9 Å². The van der Waals surface area contributed by atoms with E-state index < -0.39 is 5.60 Å². The lowest BCUT2D eigenvalue weighted by Gasteiger charge is -2.20. The van der Waals surface area contributed by atoms with Gasteiger partial charge < -0.3 is 24.1 Å². The van der Waals surface area contributed by atoms with E-state index in [-0.39, 0.29) is 11.9 Å². The van der Waals surface area contributed by atoms with E-state index in [9.17, 15) is 9.59 Å². The SMILES string of the molecule is COc1cc(CNC(=O)c2ccc3c(c2)c(C)c(C)n3Cc2ccc(-c3ccccc3C(=O)OC(C)(C)C)cc2)cc(OC)c1. The third-order valence-electron chi connectivity index (χ3n) is 7.92. The second kappa shape index (κ2) is 12.9. The molecule has 0 unspecified atom stereocenters. The maximum Gasteiger partial charge on any atom is 0.339 e. The second-order valence-electron chi connectivity index (χ2n) is 12.2. The predicted molar refractivity (Wildman–Crippen MR) is 178 cm³/mol. The maximum absolute atomic E-state index is 13.1. The van der Waals surface area contributed by atoms with Crippen LogP contribution in [0.2, 0.25) is 0 Å². The van der Waals surface area contributed by atoms with Gasteiger partial charge in [-0.05, 0) is 98.8 Å². The Morgan fingerprint density at radius 3 is 2.11 bits per heavy atom. The average molecular weight is 605 g/mol. The summed E-state index contributed by atoms with van der Waals surface area (Å²) < 4.78 is 18.6. The highest BCUT2D eigenvalue weighted by Crippen LogP contribution is 2.30. The normalized spacial score (nSPS) is 11.4. The zero-order valence-electron chi connectivity index (χ0n) is 27.0. The van der Waals surface area contributed by atoms with E-state index in [0.29, 0.717) is 35.7 Å². The van der Waals surface area contributed by atoms with Crippen molar-refractivity contribution in [3.8, 4) is 22.6 Å². The Morgan fingerprint density at radius 1 is 0.800 bits per heavy atom. The molecule has 7 nitrogen and oxygen atoms in total. The molecule has 0 saturated heterocycles. The van der Waals surface area contributed by atoms with Crippen molar-refractivity contribution in [1.82, 2.24) is 9.88 Å². The zero-order chi connectivity index (χ0) is 32.3. The number of carbonyl (C=O) groups excluding carboxylic acids is 2. The predicted octanol–water partition coefficient (Wildman–Crippen LogP) is 7.88. The van der Waals surface area contributed by atoms with Gasteiger partial charge in [-0.25, -0.2) is 4.79 Å². The molecule has 5 aromatic rings. The van der Waals surface area contributed by atoms with Crippen molar-refractivity contribution in [3.05, 3.63) is 118 Å². The van der Waals surface area contributed by atoms with Crippen LogP contribution in [0, 0.1) is 13.8 Å². The Labute approximate surface area is 264 Å². The average Bonchev–Trinajstić information content (AvgIpc) is 3.27. The Hall–Kier alpha value is -5.04. The van der Waals surface area contributed by atoms with E-state index in [1.807, 2.05) is 81.4 Å². The van der Waals surface area contributed by atoms with Crippen LogP contribution < -0.4 is 14.8 Å². The summed E-state index contributed by atoms with van der Waals surface area (Å²) in [6.45, 7) is 10.8. The number of aryl methyl sites for hydroxylation is 1. The molecule has 1 heterocycles. The number of benzene rings is 4. The number of hydrogen-bond donors (Lipinski definition) is 1. The first-order chi connectivity index (χ1) is 21.5. The fourth-order valence-corrected chi connectivity index (χ4v) is 5.47. The molecular weight excluding hydrogens is 564 g/mol. The minimum absolute atomic E-state index is 0.147. The number of carbonyl (C=O) groups is 2. The summed E-state index contributed by atoms with van der Waals surface area (Å²) in [6.07, 6.45) is 0. The summed E-state index contributed by atoms with van der Waals surface area (Å²) in [5.41, 5.74) is 7.74. The lowest BCUT2D eigenvalue weighted by atomic mass is 9.98. The first-order valence-electron chi connectivity index (χ1n) is 15.0. The summed E-state index contributed by atoms with van der Waals surface area (Å²) in [5.74, 6) is 0.867. The molecule has 232 valence electrons. The zero-order valence-corrected chi connectivity index (χ0v) is 27.0. The quantitative estimate of drug-likeness (QED) is 0.173. The molecule has 45 heavy (non-hydrogen) atoms. The number of nitrogens with one attached hydrogen (secondary N) is 1. The lowest BCUT2D eigenvalue weighted by Crippen LogP contribution is -2.24. The second-order valence-corrected chi connectivity index (χ2v) is 12.2. The van der Waals surface area contributed by atoms with Crippen molar-refractivity contribution in [1.29, 1.82) is 0 Å². The Morgan fingerprint density at radius 2 is 1.47 bits per heavy atom. The Kier molecular flexibility index (Phi) is 9.00. The highest BCUT2D eigenvalue weighted by Gasteiger charge is 2.21. The van der Waals surface area contributed by atoms with E-state index in [0.717, 1.165) is 44.4 Å². The molecule has 0 bridgehead atoms. The minimum atomic E-state index is -0.570. The van der Waals surface area contributed by atoms with Gasteiger partial charge in [-0.15, -0.1) is 0 Å². The summed E-state index contributed by atoms with van der Waals surface area (Å²) in [5, 5.41) is 4.07. The van der Waals surface area contributed by atoms with Crippen LogP contribution in [-0.2, 0) is 17.8 Å². The van der Waals surface area contributed by atoms with Crippen LogP contribution in [0.3, 0.4) is 0 Å². The van der Waals surface area contributed by atoms with Crippen molar-refractivity contribution in [2.24, 2.45) is 0 Å². The Balaban J connectivity index is 1.34. The number of ether oxygens (including phenoxy) is 3. The number of methoxy groups -OCH3 is 2. The van der Waals surface area contributed by atoms with E-state index >= 15 is 0 Å². The van der Waals surface area contributed by atoms with Crippen molar-refractivity contribution in [2.75, 3.05) is 14.2 Å². The van der Waals surface area contributed by atoms with E-state index in [1.54, 1.807) is 26.4 Å². The summed E-state index contributed by atoms with van der Waals surface area (Å²) in [7, 11) is 3.21. The van der Waals surface area contributed by atoms with Crippen LogP contribution >= 0.6 is 0 Å². The molecule has 1 amide bonds. The topological polar surface area (TPSA) is 78.8 Å². The van der Waals surface area contributed by atoms with Crippen molar-refractivity contribution in [2.45, 2.75) is 53.3 Å². The molecule has 0 atom stereocenters. The summed E-state index contributed by atoms with van der Waals surface area (Å²) in [6, 6.07) is 27.2. The van der Waals surface area contributed by atoms with Crippen molar-refractivity contribution in [3.63, 3.8) is 0 Å². The molecule has 0 aliphatic rings. The molecule has 7 heteroatoms. The van der Waals surface area contributed by atoms with Crippen LogP contribution in [0.4, 0.5) is 0 Å². The highest BCUT2D eigenvalue weighted by atomic mass is 16.6. The number of hydrogen-bond acceptors (Lipinski definition) is 5. The summed E-state index contributed by atoms with van der Waals surface area (Å²) in [4.78, 5) is 26.0. The minimum Gasteiger partial charge on any atom is -0.497 e. The van der Waals surface area contributed by atoms with Crippen molar-refractivity contribution >= 4 is 22.8 Å². The number of aromatic nitrogens is 1. The standard InChI is InChI=1S/C38H40N2O5/c1-24-25(2)40(23-26-12-14-28(15-13-26)32-10-8-9-11-33(32)37(42)45-38(3,4)5)35-17-16-29(20-34(24)35)36(41)39-22-27-18-30(43-6)21-31(19-27)44-7/h8-21H,22-23H2,1-7H3,(H,39,41). The molecule has 1 N–H and O–H groups in total. The third-order valence-corrected chi connectivity index (χ3v) is 7.92. The van der Waals surface area contributed by atoms with E-state index in [4.69, 9.17) is 14.2 Å². The monoisotopic (exact) mass is 604 g/mol. The van der Waals surface area contributed by atoms with Gasteiger partial charge >= 0.3 is 5.97 Å². The number of amides is 1. The number of fused-ring (bicyclic) bond motifs is 1. The lowest BCUT2D eigenvalue weighted by molar-refractivity contribution is 0.00703. The molecule has 1 aromatic heterocycles. The van der Waals surface area contributed by atoms with Crippen LogP contribution in [0.25, 0.3) is 22.0 Å². The fourth-order valence-electron chi connectivity index (χ4n) is 5.47. The van der Waals surface area contributed by atoms with E-state index in [2.05, 4.69) is 35.9 Å². The fraction of sp³-hybridized carbons (Fsp3) is 0.263. The molecule has 0 saturated carbocycles. The van der Waals surface area contributed by atoms with Crippen LogP contribution in [0.5, 0.6) is 11.5 Å². The number of nitrogens with zero attached hydrogens (tertiary/aromatic N) is 1. The molecule has 0 radical (unpaired) electrons. The maximum atomic E-state index is 13.1. The van der Waals surface area contributed by atoms with Crippen LogP contribution in [-0.4, -0.2) is 36.3 Å². The molecular formula is C38H40N2O5. The van der Waals surface area contributed by atoms with Crippen LogP contribution in [0.1, 0.15) is 63.9 Å². The first kappa shape index (κ1) is 31.4. The van der Waals surface area contributed by atoms with Gasteiger partial charge in [0.25, 0.3) is 5.91 Å². The summed E-state index contributed by atoms with van der Waals surface area (Å²) >= 11 is 0. The largest absolute Gasteiger partial charge is 0.497 e. The van der Waals surface area contributed by atoms with E-state index in [1.165, 1.54) is 0 Å².